The molecule has 0 atom stereocenters. The van der Waals surface area contributed by atoms with Crippen molar-refractivity contribution < 1.29 is 0 Å². The van der Waals surface area contributed by atoms with Crippen LogP contribution in [0, 0.1) is 13.8 Å². The second-order valence-electron chi connectivity index (χ2n) is 5.80. The van der Waals surface area contributed by atoms with E-state index in [1.54, 1.807) is 6.20 Å². The van der Waals surface area contributed by atoms with E-state index < -0.39 is 0 Å². The van der Waals surface area contributed by atoms with E-state index in [2.05, 4.69) is 64.2 Å². The summed E-state index contributed by atoms with van der Waals surface area (Å²) in [6.07, 6.45) is 5.54. The SMILES string of the molecule is Cc1ccc(C)c(-c2[nH]ncc2CN(C)Cc2ncc[nH]2)c1. The molecule has 2 N–H and O–H groups in total. The molecule has 0 fully saturated rings. The molecule has 0 aliphatic carbocycles. The van der Waals surface area contributed by atoms with Gasteiger partial charge >= 0.3 is 0 Å². The summed E-state index contributed by atoms with van der Waals surface area (Å²) in [6, 6.07) is 6.50. The molecule has 0 saturated heterocycles. The van der Waals surface area contributed by atoms with Gasteiger partial charge in [0.15, 0.2) is 0 Å². The first-order valence-electron chi connectivity index (χ1n) is 7.40. The lowest BCUT2D eigenvalue weighted by atomic mass is 10.0. The van der Waals surface area contributed by atoms with Crippen LogP contribution in [0.4, 0.5) is 0 Å². The van der Waals surface area contributed by atoms with Crippen LogP contribution in [0.2, 0.25) is 0 Å². The lowest BCUT2D eigenvalue weighted by Crippen LogP contribution is -2.18. The Bertz CT molecular complexity index is 742. The van der Waals surface area contributed by atoms with Gasteiger partial charge in [-0.3, -0.25) is 10.00 Å². The van der Waals surface area contributed by atoms with Crippen LogP contribution in [0.5, 0.6) is 0 Å². The van der Waals surface area contributed by atoms with Crippen molar-refractivity contribution in [3.63, 3.8) is 0 Å². The van der Waals surface area contributed by atoms with Crippen molar-refractivity contribution in [2.24, 2.45) is 0 Å². The van der Waals surface area contributed by atoms with Crippen LogP contribution < -0.4 is 0 Å². The third-order valence-corrected chi connectivity index (χ3v) is 3.80. The molecular formula is C17H21N5. The molecule has 5 heteroatoms. The smallest absolute Gasteiger partial charge is 0.120 e. The molecule has 22 heavy (non-hydrogen) atoms. The van der Waals surface area contributed by atoms with Crippen molar-refractivity contribution in [2.75, 3.05) is 7.05 Å². The highest BCUT2D eigenvalue weighted by Gasteiger charge is 2.13. The minimum atomic E-state index is 0.782. The Morgan fingerprint density at radius 3 is 2.82 bits per heavy atom. The largest absolute Gasteiger partial charge is 0.348 e. The first-order chi connectivity index (χ1) is 10.6. The molecule has 114 valence electrons. The van der Waals surface area contributed by atoms with Crippen molar-refractivity contribution in [3.8, 4) is 11.3 Å². The third-order valence-electron chi connectivity index (χ3n) is 3.80. The Morgan fingerprint density at radius 1 is 1.18 bits per heavy atom. The van der Waals surface area contributed by atoms with Crippen molar-refractivity contribution in [2.45, 2.75) is 26.9 Å². The van der Waals surface area contributed by atoms with Crippen molar-refractivity contribution in [3.05, 3.63) is 59.3 Å². The van der Waals surface area contributed by atoms with E-state index in [9.17, 15) is 0 Å². The molecule has 3 aromatic rings. The standard InChI is InChI=1S/C17H21N5/c1-12-4-5-13(2)15(8-12)17-14(9-20-21-17)10-22(3)11-16-18-6-7-19-16/h4-9H,10-11H2,1-3H3,(H,18,19)(H,20,21). The topological polar surface area (TPSA) is 60.6 Å². The molecule has 5 nitrogen and oxygen atoms in total. The van der Waals surface area contributed by atoms with E-state index in [0.29, 0.717) is 0 Å². The number of nitrogens with one attached hydrogen (secondary N) is 2. The van der Waals surface area contributed by atoms with Crippen LogP contribution in [0.25, 0.3) is 11.3 Å². The maximum Gasteiger partial charge on any atom is 0.120 e. The van der Waals surface area contributed by atoms with Gasteiger partial charge < -0.3 is 4.98 Å². The van der Waals surface area contributed by atoms with Crippen LogP contribution in [-0.2, 0) is 13.1 Å². The monoisotopic (exact) mass is 295 g/mol. The Balaban J connectivity index is 1.81. The summed E-state index contributed by atoms with van der Waals surface area (Å²) >= 11 is 0. The van der Waals surface area contributed by atoms with Gasteiger partial charge in [-0.15, -0.1) is 0 Å². The van der Waals surface area contributed by atoms with Gasteiger partial charge in [-0.1, -0.05) is 17.7 Å². The van der Waals surface area contributed by atoms with Gasteiger partial charge in [-0.05, 0) is 32.5 Å². The van der Waals surface area contributed by atoms with Gasteiger partial charge in [0.1, 0.15) is 5.82 Å². The number of hydrogen-bond donors (Lipinski definition) is 2. The predicted octanol–water partition coefficient (Wildman–Crippen LogP) is 3.05. The normalized spacial score (nSPS) is 11.3. The molecular weight excluding hydrogens is 274 g/mol. The van der Waals surface area contributed by atoms with Crippen molar-refractivity contribution >= 4 is 0 Å². The lowest BCUT2D eigenvalue weighted by molar-refractivity contribution is 0.312. The quantitative estimate of drug-likeness (QED) is 0.760. The van der Waals surface area contributed by atoms with Crippen LogP contribution >= 0.6 is 0 Å². The van der Waals surface area contributed by atoms with Gasteiger partial charge in [-0.25, -0.2) is 4.98 Å². The number of aromatic amines is 2. The molecule has 0 aliphatic rings. The third kappa shape index (κ3) is 3.09. The van der Waals surface area contributed by atoms with E-state index in [-0.39, 0.29) is 0 Å². The van der Waals surface area contributed by atoms with Gasteiger partial charge in [0.25, 0.3) is 0 Å². The average Bonchev–Trinajstić information content (AvgIpc) is 3.13. The molecule has 0 aliphatic heterocycles. The Morgan fingerprint density at radius 2 is 2.05 bits per heavy atom. The van der Waals surface area contributed by atoms with E-state index in [1.165, 1.54) is 22.3 Å². The van der Waals surface area contributed by atoms with Gasteiger partial charge in [-0.2, -0.15) is 5.10 Å². The Labute approximate surface area is 130 Å². The van der Waals surface area contributed by atoms with Crippen LogP contribution in [0.15, 0.2) is 36.8 Å². The molecule has 0 amide bonds. The average molecular weight is 295 g/mol. The zero-order chi connectivity index (χ0) is 15.5. The molecule has 0 radical (unpaired) electrons. The molecule has 2 heterocycles. The Kier molecular flexibility index (Phi) is 4.06. The highest BCUT2D eigenvalue weighted by atomic mass is 15.1. The number of aryl methyl sites for hydroxylation is 2. The Hall–Kier alpha value is -2.40. The second kappa shape index (κ2) is 6.15. The first kappa shape index (κ1) is 14.5. The zero-order valence-corrected chi connectivity index (χ0v) is 13.2. The summed E-state index contributed by atoms with van der Waals surface area (Å²) in [4.78, 5) is 9.63. The van der Waals surface area contributed by atoms with Crippen molar-refractivity contribution in [1.29, 1.82) is 0 Å². The molecule has 0 spiro atoms. The van der Waals surface area contributed by atoms with Crippen LogP contribution in [-0.4, -0.2) is 32.1 Å². The number of rotatable bonds is 5. The van der Waals surface area contributed by atoms with E-state index >= 15 is 0 Å². The molecule has 0 bridgehead atoms. The number of H-pyrrole nitrogens is 2. The van der Waals surface area contributed by atoms with Crippen molar-refractivity contribution in [1.82, 2.24) is 25.1 Å². The molecule has 2 aromatic heterocycles. The minimum absolute atomic E-state index is 0.782. The maximum absolute atomic E-state index is 4.27. The molecule has 0 unspecified atom stereocenters. The lowest BCUT2D eigenvalue weighted by Gasteiger charge is -2.16. The fraction of sp³-hybridized carbons (Fsp3) is 0.294. The van der Waals surface area contributed by atoms with Crippen LogP contribution in [0.3, 0.4) is 0 Å². The number of nitrogens with zero attached hydrogens (tertiary/aromatic N) is 3. The van der Waals surface area contributed by atoms with Crippen LogP contribution in [0.1, 0.15) is 22.5 Å². The number of benzene rings is 1. The summed E-state index contributed by atoms with van der Waals surface area (Å²) in [6.45, 7) is 5.85. The first-order valence-corrected chi connectivity index (χ1v) is 7.40. The minimum Gasteiger partial charge on any atom is -0.348 e. The van der Waals surface area contributed by atoms with E-state index in [0.717, 1.165) is 24.6 Å². The summed E-state index contributed by atoms with van der Waals surface area (Å²) in [5.41, 5.74) is 6.03. The van der Waals surface area contributed by atoms with Gasteiger partial charge in [0.2, 0.25) is 0 Å². The molecule has 3 rings (SSSR count). The zero-order valence-electron chi connectivity index (χ0n) is 13.2. The maximum atomic E-state index is 4.27. The molecule has 1 aromatic carbocycles. The molecule has 0 saturated carbocycles. The van der Waals surface area contributed by atoms with E-state index in [4.69, 9.17) is 0 Å². The predicted molar refractivity (Wildman–Crippen MR) is 87.3 cm³/mol. The highest BCUT2D eigenvalue weighted by Crippen LogP contribution is 2.26. The fourth-order valence-electron chi connectivity index (χ4n) is 2.66. The van der Waals surface area contributed by atoms with E-state index in [1.807, 2.05) is 12.4 Å². The fourth-order valence-corrected chi connectivity index (χ4v) is 2.66. The summed E-state index contributed by atoms with van der Waals surface area (Å²) < 4.78 is 0. The second-order valence-corrected chi connectivity index (χ2v) is 5.80. The number of aromatic nitrogens is 4. The highest BCUT2D eigenvalue weighted by molar-refractivity contribution is 5.67. The summed E-state index contributed by atoms with van der Waals surface area (Å²) in [5, 5.41) is 7.40. The van der Waals surface area contributed by atoms with Gasteiger partial charge in [0, 0.05) is 30.1 Å². The summed E-state index contributed by atoms with van der Waals surface area (Å²) in [5.74, 6) is 0.972. The number of hydrogen-bond acceptors (Lipinski definition) is 3. The number of imidazole rings is 1. The van der Waals surface area contributed by atoms with Gasteiger partial charge in [0.05, 0.1) is 18.4 Å². The summed E-state index contributed by atoms with van der Waals surface area (Å²) in [7, 11) is 2.09.